The Morgan fingerprint density at radius 3 is 1.96 bits per heavy atom. The van der Waals surface area contributed by atoms with E-state index in [0.29, 0.717) is 12.8 Å². The smallest absolute Gasteiger partial charge is 0.354 e. The Balaban J connectivity index is 6.16. The minimum atomic E-state index is -5.64. The molecule has 8 heteroatoms. The highest BCUT2D eigenvalue weighted by Crippen LogP contribution is 2.51. The summed E-state index contributed by atoms with van der Waals surface area (Å²) in [7, 11) is 0. The largest absolute Gasteiger partial charge is 0.430 e. The van der Waals surface area contributed by atoms with Crippen LogP contribution in [0.15, 0.2) is 23.8 Å². The van der Waals surface area contributed by atoms with E-state index < -0.39 is 30.1 Å². The average Bonchev–Trinajstić information content (AvgIpc) is 2.42. The van der Waals surface area contributed by atoms with Crippen molar-refractivity contribution in [3.05, 3.63) is 23.8 Å². The molecule has 0 rings (SSSR count). The molecule has 0 fully saturated rings. The summed E-state index contributed by atoms with van der Waals surface area (Å²) in [5, 5.41) is 0. The summed E-state index contributed by atoms with van der Waals surface area (Å²) in [6, 6.07) is 0. The van der Waals surface area contributed by atoms with Crippen molar-refractivity contribution in [2.75, 3.05) is 13.2 Å². The number of allylic oxidation sites excluding steroid dienone is 1. The molecule has 0 saturated heterocycles. The number of hydrogen-bond acceptors (Lipinski definition) is 2. The Kier molecular flexibility index (Phi) is 8.90. The zero-order valence-electron chi connectivity index (χ0n) is 13.2. The van der Waals surface area contributed by atoms with Gasteiger partial charge in [-0.05, 0) is 18.4 Å². The molecule has 0 heterocycles. The van der Waals surface area contributed by atoms with Crippen LogP contribution in [0.4, 0.5) is 26.3 Å². The average molecular weight is 347 g/mol. The molecule has 0 radical (unpaired) electrons. The number of halogens is 6. The van der Waals surface area contributed by atoms with Crippen LogP contribution in [-0.4, -0.2) is 31.1 Å². The first kappa shape index (κ1) is 22.0. The molecule has 0 atom stereocenters. The third kappa shape index (κ3) is 5.53. The van der Waals surface area contributed by atoms with Crippen LogP contribution in [0.25, 0.3) is 0 Å². The van der Waals surface area contributed by atoms with Gasteiger partial charge in [0.2, 0.25) is 0 Å². The lowest BCUT2D eigenvalue weighted by atomic mass is 9.89. The minimum Gasteiger partial charge on any atom is -0.354 e. The normalized spacial score (nSPS) is 14.7. The molecule has 0 aliphatic rings. The molecule has 23 heavy (non-hydrogen) atoms. The molecule has 0 unspecified atom stereocenters. The van der Waals surface area contributed by atoms with E-state index in [1.54, 1.807) is 13.8 Å². The molecule has 0 aliphatic carbocycles. The lowest BCUT2D eigenvalue weighted by molar-refractivity contribution is -0.364. The SMILES string of the molecule is CCC/C=C(\C=C/CN)C(OCCCC)(C(F)(F)F)C(F)(F)F. The third-order valence-electron chi connectivity index (χ3n) is 3.11. The topological polar surface area (TPSA) is 35.2 Å². The van der Waals surface area contributed by atoms with Crippen LogP contribution < -0.4 is 5.73 Å². The van der Waals surface area contributed by atoms with Gasteiger partial charge in [-0.25, -0.2) is 0 Å². The first-order valence-corrected chi connectivity index (χ1v) is 7.43. The molecule has 2 N–H and O–H groups in total. The van der Waals surface area contributed by atoms with Gasteiger partial charge in [0.1, 0.15) is 0 Å². The number of unbranched alkanes of at least 4 members (excludes halogenated alkanes) is 2. The Bertz CT molecular complexity index is 384. The molecule has 0 aromatic heterocycles. The van der Waals surface area contributed by atoms with Crippen LogP contribution in [0.2, 0.25) is 0 Å². The van der Waals surface area contributed by atoms with Gasteiger partial charge < -0.3 is 10.5 Å². The number of nitrogens with two attached hydrogens (primary N) is 1. The zero-order chi connectivity index (χ0) is 18.1. The predicted octanol–water partition coefficient (Wildman–Crippen LogP) is 4.91. The van der Waals surface area contributed by atoms with Crippen LogP contribution in [0.3, 0.4) is 0 Å². The van der Waals surface area contributed by atoms with Crippen LogP contribution in [0, 0.1) is 0 Å². The maximum absolute atomic E-state index is 13.5. The Morgan fingerprint density at radius 1 is 1.00 bits per heavy atom. The molecule has 2 nitrogen and oxygen atoms in total. The van der Waals surface area contributed by atoms with Crippen molar-refractivity contribution in [2.45, 2.75) is 57.5 Å². The lowest BCUT2D eigenvalue weighted by Gasteiger charge is -2.38. The maximum Gasteiger partial charge on any atom is 0.430 e. The molecule has 0 bridgehead atoms. The molecule has 136 valence electrons. The molecule has 0 aliphatic heterocycles. The standard InChI is InChI=1S/C15H23F6NO/c1-3-5-8-12(9-7-10-22)13(14(16,17)18,15(19,20)21)23-11-6-4-2/h7-9H,3-6,10-11,22H2,1-2H3/b9-7-,12-8+. The molecule has 0 aromatic carbocycles. The van der Waals surface area contributed by atoms with Crippen molar-refractivity contribution >= 4 is 0 Å². The monoisotopic (exact) mass is 347 g/mol. The van der Waals surface area contributed by atoms with E-state index in [9.17, 15) is 26.3 Å². The van der Waals surface area contributed by atoms with Gasteiger partial charge in [0, 0.05) is 13.2 Å². The maximum atomic E-state index is 13.5. The highest BCUT2D eigenvalue weighted by Gasteiger charge is 2.73. The summed E-state index contributed by atoms with van der Waals surface area (Å²) in [5.41, 5.74) is -0.137. The van der Waals surface area contributed by atoms with Gasteiger partial charge in [-0.3, -0.25) is 0 Å². The van der Waals surface area contributed by atoms with E-state index in [1.807, 2.05) is 0 Å². The van der Waals surface area contributed by atoms with E-state index in [1.165, 1.54) is 0 Å². The summed E-state index contributed by atoms with van der Waals surface area (Å²) in [4.78, 5) is 0. The van der Waals surface area contributed by atoms with Crippen molar-refractivity contribution in [1.29, 1.82) is 0 Å². The quantitative estimate of drug-likeness (QED) is 0.365. The summed E-state index contributed by atoms with van der Waals surface area (Å²) in [6.45, 7) is 2.48. The summed E-state index contributed by atoms with van der Waals surface area (Å²) in [6.07, 6.45) is -7.59. The fourth-order valence-corrected chi connectivity index (χ4v) is 1.93. The second-order valence-electron chi connectivity index (χ2n) is 4.96. The summed E-state index contributed by atoms with van der Waals surface area (Å²) < 4.78 is 85.2. The van der Waals surface area contributed by atoms with Crippen LogP contribution in [0.1, 0.15) is 39.5 Å². The van der Waals surface area contributed by atoms with Gasteiger partial charge >= 0.3 is 12.4 Å². The minimum absolute atomic E-state index is 0.0648. The molecular weight excluding hydrogens is 324 g/mol. The fraction of sp³-hybridized carbons (Fsp3) is 0.733. The second kappa shape index (κ2) is 9.32. The van der Waals surface area contributed by atoms with Crippen LogP contribution >= 0.6 is 0 Å². The first-order chi connectivity index (χ1) is 10.6. The van der Waals surface area contributed by atoms with Crippen molar-refractivity contribution in [3.63, 3.8) is 0 Å². The van der Waals surface area contributed by atoms with Gasteiger partial charge in [0.15, 0.2) is 0 Å². The summed E-state index contributed by atoms with van der Waals surface area (Å²) >= 11 is 0. The molecule has 0 amide bonds. The van der Waals surface area contributed by atoms with E-state index in [4.69, 9.17) is 5.73 Å². The van der Waals surface area contributed by atoms with Crippen molar-refractivity contribution in [2.24, 2.45) is 5.73 Å². The van der Waals surface area contributed by atoms with E-state index in [2.05, 4.69) is 4.74 Å². The molecule has 0 saturated carbocycles. The number of rotatable bonds is 9. The highest BCUT2D eigenvalue weighted by atomic mass is 19.4. The zero-order valence-corrected chi connectivity index (χ0v) is 13.2. The number of alkyl halides is 6. The van der Waals surface area contributed by atoms with Crippen molar-refractivity contribution in [1.82, 2.24) is 0 Å². The predicted molar refractivity (Wildman–Crippen MR) is 76.9 cm³/mol. The van der Waals surface area contributed by atoms with Crippen LogP contribution in [0.5, 0.6) is 0 Å². The van der Waals surface area contributed by atoms with Crippen molar-refractivity contribution in [3.8, 4) is 0 Å². The second-order valence-corrected chi connectivity index (χ2v) is 4.96. The van der Waals surface area contributed by atoms with E-state index in [0.717, 1.165) is 18.2 Å². The molecule has 0 aromatic rings. The van der Waals surface area contributed by atoms with Crippen LogP contribution in [-0.2, 0) is 4.74 Å². The first-order valence-electron chi connectivity index (χ1n) is 7.43. The highest BCUT2D eigenvalue weighted by molar-refractivity contribution is 5.34. The van der Waals surface area contributed by atoms with Gasteiger partial charge in [-0.15, -0.1) is 0 Å². The molecule has 0 spiro atoms. The number of ether oxygens (including phenoxy) is 1. The van der Waals surface area contributed by atoms with E-state index in [-0.39, 0.29) is 19.4 Å². The molecular formula is C15H23F6NO. The van der Waals surface area contributed by atoms with Gasteiger partial charge in [0.05, 0.1) is 0 Å². The lowest BCUT2D eigenvalue weighted by Crippen LogP contribution is -2.60. The Hall–Kier alpha value is -1.02. The Morgan fingerprint density at radius 2 is 1.57 bits per heavy atom. The van der Waals surface area contributed by atoms with Gasteiger partial charge in [0.25, 0.3) is 5.60 Å². The number of hydrogen-bond donors (Lipinski definition) is 1. The third-order valence-corrected chi connectivity index (χ3v) is 3.11. The summed E-state index contributed by atoms with van der Waals surface area (Å²) in [5.74, 6) is 0. The van der Waals surface area contributed by atoms with Gasteiger partial charge in [-0.2, -0.15) is 26.3 Å². The van der Waals surface area contributed by atoms with Crippen molar-refractivity contribution < 1.29 is 31.1 Å². The Labute approximate surface area is 132 Å². The van der Waals surface area contributed by atoms with E-state index >= 15 is 0 Å². The van der Waals surface area contributed by atoms with Gasteiger partial charge in [-0.1, -0.05) is 44.9 Å². The fourth-order valence-electron chi connectivity index (χ4n) is 1.93.